The van der Waals surface area contributed by atoms with Gasteiger partial charge in [-0.25, -0.2) is 4.98 Å². The van der Waals surface area contributed by atoms with Gasteiger partial charge in [0.25, 0.3) is 0 Å². The first kappa shape index (κ1) is 12.5. The fourth-order valence-electron chi connectivity index (χ4n) is 1.43. The Bertz CT molecular complexity index is 251. The van der Waals surface area contributed by atoms with Gasteiger partial charge in [-0.3, -0.25) is 0 Å². The van der Waals surface area contributed by atoms with Crippen molar-refractivity contribution in [2.24, 2.45) is 0 Å². The van der Waals surface area contributed by atoms with Crippen LogP contribution >= 0.6 is 11.8 Å². The number of aromatic nitrogens is 1. The topological polar surface area (TPSA) is 24.9 Å². The van der Waals surface area contributed by atoms with Crippen molar-refractivity contribution < 1.29 is 0 Å². The van der Waals surface area contributed by atoms with E-state index in [1.54, 1.807) is 11.8 Å². The van der Waals surface area contributed by atoms with Crippen LogP contribution in [0.3, 0.4) is 0 Å². The van der Waals surface area contributed by atoms with E-state index in [1.165, 1.54) is 12.8 Å². The molecule has 0 radical (unpaired) electrons. The van der Waals surface area contributed by atoms with E-state index in [2.05, 4.69) is 30.2 Å². The minimum absolute atomic E-state index is 0.638. The van der Waals surface area contributed by atoms with Gasteiger partial charge in [-0.05, 0) is 25.5 Å². The first-order valence-electron chi connectivity index (χ1n) is 5.60. The van der Waals surface area contributed by atoms with E-state index >= 15 is 0 Å². The Morgan fingerprint density at radius 2 is 2.33 bits per heavy atom. The zero-order chi connectivity index (χ0) is 10.9. The van der Waals surface area contributed by atoms with Gasteiger partial charge < -0.3 is 5.32 Å². The second kappa shape index (κ2) is 7.71. The van der Waals surface area contributed by atoms with Crippen molar-refractivity contribution in [3.63, 3.8) is 0 Å². The SMILES string of the molecule is CCCC(C)NCCSc1ccccn1. The zero-order valence-electron chi connectivity index (χ0n) is 9.57. The molecule has 0 amide bonds. The van der Waals surface area contributed by atoms with E-state index in [9.17, 15) is 0 Å². The summed E-state index contributed by atoms with van der Waals surface area (Å²) < 4.78 is 0. The summed E-state index contributed by atoms with van der Waals surface area (Å²) in [6.45, 7) is 5.53. The summed E-state index contributed by atoms with van der Waals surface area (Å²) in [7, 11) is 0. The molecule has 2 nitrogen and oxygen atoms in total. The molecule has 1 rings (SSSR count). The third kappa shape index (κ3) is 5.80. The molecule has 0 aliphatic carbocycles. The van der Waals surface area contributed by atoms with Crippen LogP contribution in [-0.4, -0.2) is 23.3 Å². The molecular formula is C12H20N2S. The quantitative estimate of drug-likeness (QED) is 0.569. The molecule has 0 fully saturated rings. The summed E-state index contributed by atoms with van der Waals surface area (Å²) in [5, 5.41) is 4.62. The number of rotatable bonds is 7. The molecule has 0 spiro atoms. The van der Waals surface area contributed by atoms with Gasteiger partial charge in [0.05, 0.1) is 5.03 Å². The van der Waals surface area contributed by atoms with Crippen LogP contribution in [0, 0.1) is 0 Å². The Kier molecular flexibility index (Phi) is 6.44. The van der Waals surface area contributed by atoms with E-state index < -0.39 is 0 Å². The lowest BCUT2D eigenvalue weighted by Crippen LogP contribution is -2.27. The van der Waals surface area contributed by atoms with Gasteiger partial charge in [-0.15, -0.1) is 11.8 Å². The first-order valence-corrected chi connectivity index (χ1v) is 6.58. The van der Waals surface area contributed by atoms with Gasteiger partial charge in [0.2, 0.25) is 0 Å². The molecule has 0 aliphatic heterocycles. The summed E-state index contributed by atoms with van der Waals surface area (Å²) in [5.41, 5.74) is 0. The second-order valence-corrected chi connectivity index (χ2v) is 4.78. The van der Waals surface area contributed by atoms with Gasteiger partial charge in [0, 0.05) is 24.5 Å². The number of hydrogen-bond acceptors (Lipinski definition) is 3. The van der Waals surface area contributed by atoms with E-state index in [0.717, 1.165) is 17.3 Å². The minimum atomic E-state index is 0.638. The van der Waals surface area contributed by atoms with Crippen molar-refractivity contribution in [3.8, 4) is 0 Å². The van der Waals surface area contributed by atoms with Crippen molar-refractivity contribution in [1.82, 2.24) is 10.3 Å². The minimum Gasteiger partial charge on any atom is -0.313 e. The van der Waals surface area contributed by atoms with Gasteiger partial charge in [-0.2, -0.15) is 0 Å². The molecular weight excluding hydrogens is 204 g/mol. The van der Waals surface area contributed by atoms with Crippen molar-refractivity contribution >= 4 is 11.8 Å². The molecule has 15 heavy (non-hydrogen) atoms. The number of thioether (sulfide) groups is 1. The third-order valence-electron chi connectivity index (χ3n) is 2.20. The standard InChI is InChI=1S/C12H20N2S/c1-3-6-11(2)13-9-10-15-12-7-4-5-8-14-12/h4-5,7-8,11,13H,3,6,9-10H2,1-2H3. The maximum atomic E-state index is 4.27. The maximum absolute atomic E-state index is 4.27. The summed E-state index contributed by atoms with van der Waals surface area (Å²) >= 11 is 1.81. The van der Waals surface area contributed by atoms with E-state index in [4.69, 9.17) is 0 Å². The van der Waals surface area contributed by atoms with Gasteiger partial charge in [-0.1, -0.05) is 19.4 Å². The lowest BCUT2D eigenvalue weighted by atomic mass is 10.2. The molecule has 0 aromatic carbocycles. The summed E-state index contributed by atoms with van der Waals surface area (Å²) in [4.78, 5) is 4.27. The fourth-order valence-corrected chi connectivity index (χ4v) is 2.17. The highest BCUT2D eigenvalue weighted by Crippen LogP contribution is 2.12. The monoisotopic (exact) mass is 224 g/mol. The molecule has 1 aromatic rings. The lowest BCUT2D eigenvalue weighted by molar-refractivity contribution is 0.526. The van der Waals surface area contributed by atoms with Crippen LogP contribution in [0.5, 0.6) is 0 Å². The first-order chi connectivity index (χ1) is 7.33. The highest BCUT2D eigenvalue weighted by Gasteiger charge is 1.99. The lowest BCUT2D eigenvalue weighted by Gasteiger charge is -2.11. The van der Waals surface area contributed by atoms with E-state index in [0.29, 0.717) is 6.04 Å². The average molecular weight is 224 g/mol. The highest BCUT2D eigenvalue weighted by molar-refractivity contribution is 7.99. The molecule has 1 N–H and O–H groups in total. The van der Waals surface area contributed by atoms with Crippen LogP contribution in [0.1, 0.15) is 26.7 Å². The normalized spacial score (nSPS) is 12.7. The molecule has 3 heteroatoms. The Hall–Kier alpha value is -0.540. The van der Waals surface area contributed by atoms with Crippen molar-refractivity contribution in [2.75, 3.05) is 12.3 Å². The van der Waals surface area contributed by atoms with Crippen LogP contribution in [0.25, 0.3) is 0 Å². The van der Waals surface area contributed by atoms with Crippen LogP contribution in [0.4, 0.5) is 0 Å². The Balaban J connectivity index is 2.07. The molecule has 0 saturated heterocycles. The van der Waals surface area contributed by atoms with Crippen molar-refractivity contribution in [3.05, 3.63) is 24.4 Å². The van der Waals surface area contributed by atoms with Crippen molar-refractivity contribution in [1.29, 1.82) is 0 Å². The third-order valence-corrected chi connectivity index (χ3v) is 3.15. The smallest absolute Gasteiger partial charge is 0.0960 e. The van der Waals surface area contributed by atoms with Gasteiger partial charge >= 0.3 is 0 Å². The number of pyridine rings is 1. The summed E-state index contributed by atoms with van der Waals surface area (Å²) in [5.74, 6) is 1.09. The molecule has 0 saturated carbocycles. The number of hydrogen-bond donors (Lipinski definition) is 1. The van der Waals surface area contributed by atoms with E-state index in [-0.39, 0.29) is 0 Å². The van der Waals surface area contributed by atoms with Crippen molar-refractivity contribution in [2.45, 2.75) is 37.8 Å². The molecule has 0 aliphatic rings. The van der Waals surface area contributed by atoms with Gasteiger partial charge in [0.1, 0.15) is 0 Å². The summed E-state index contributed by atoms with van der Waals surface area (Å²) in [6.07, 6.45) is 4.35. The number of nitrogens with zero attached hydrogens (tertiary/aromatic N) is 1. The van der Waals surface area contributed by atoms with Crippen LogP contribution in [-0.2, 0) is 0 Å². The average Bonchev–Trinajstić information content (AvgIpc) is 2.26. The van der Waals surface area contributed by atoms with Crippen LogP contribution in [0.2, 0.25) is 0 Å². The highest BCUT2D eigenvalue weighted by atomic mass is 32.2. The zero-order valence-corrected chi connectivity index (χ0v) is 10.4. The molecule has 1 heterocycles. The maximum Gasteiger partial charge on any atom is 0.0960 e. The van der Waals surface area contributed by atoms with Crippen LogP contribution in [0.15, 0.2) is 29.4 Å². The Labute approximate surface area is 96.9 Å². The molecule has 1 atom stereocenters. The predicted molar refractivity (Wildman–Crippen MR) is 67.3 cm³/mol. The summed E-state index contributed by atoms with van der Waals surface area (Å²) in [6, 6.07) is 6.67. The van der Waals surface area contributed by atoms with E-state index in [1.807, 2.05) is 18.3 Å². The second-order valence-electron chi connectivity index (χ2n) is 3.66. The Morgan fingerprint density at radius 1 is 1.47 bits per heavy atom. The molecule has 1 unspecified atom stereocenters. The fraction of sp³-hybridized carbons (Fsp3) is 0.583. The Morgan fingerprint density at radius 3 is 3.00 bits per heavy atom. The predicted octanol–water partition coefficient (Wildman–Crippen LogP) is 2.95. The van der Waals surface area contributed by atoms with Crippen LogP contribution < -0.4 is 5.32 Å². The van der Waals surface area contributed by atoms with Gasteiger partial charge in [0.15, 0.2) is 0 Å². The largest absolute Gasteiger partial charge is 0.313 e. The number of nitrogens with one attached hydrogen (secondary N) is 1. The molecule has 0 bridgehead atoms. The molecule has 84 valence electrons. The molecule has 1 aromatic heterocycles.